The summed E-state index contributed by atoms with van der Waals surface area (Å²) < 4.78 is 0. The van der Waals surface area contributed by atoms with Gasteiger partial charge in [-0.15, -0.1) is 0 Å². The lowest BCUT2D eigenvalue weighted by molar-refractivity contribution is 0.445. The molecule has 0 amide bonds. The number of anilines is 1. The molecule has 0 unspecified atom stereocenters. The van der Waals surface area contributed by atoms with Crippen LogP contribution < -0.4 is 5.32 Å². The predicted octanol–water partition coefficient (Wildman–Crippen LogP) is 4.93. The second kappa shape index (κ2) is 5.01. The van der Waals surface area contributed by atoms with Crippen LogP contribution in [0.4, 0.5) is 5.69 Å². The third-order valence-electron chi connectivity index (χ3n) is 4.27. The molecule has 2 aromatic carbocycles. The Morgan fingerprint density at radius 3 is 2.39 bits per heavy atom. The number of hydrogen-bond donors (Lipinski definition) is 1. The molecule has 1 aliphatic carbocycles. The van der Waals surface area contributed by atoms with Crippen LogP contribution in [0.25, 0.3) is 10.8 Å². The summed E-state index contributed by atoms with van der Waals surface area (Å²) in [6, 6.07) is 13.4. The molecule has 1 fully saturated rings. The number of rotatable bonds is 2. The molecule has 3 rings (SSSR count). The first-order valence-electron chi connectivity index (χ1n) is 7.09. The van der Waals surface area contributed by atoms with Crippen LogP contribution >= 0.6 is 0 Å². The van der Waals surface area contributed by atoms with Gasteiger partial charge in [0, 0.05) is 18.1 Å². The van der Waals surface area contributed by atoms with Crippen molar-refractivity contribution in [1.29, 1.82) is 0 Å². The highest BCUT2D eigenvalue weighted by Crippen LogP contribution is 2.37. The van der Waals surface area contributed by atoms with E-state index in [1.807, 2.05) is 7.05 Å². The second-order valence-electron chi connectivity index (χ2n) is 5.33. The number of benzene rings is 2. The molecule has 1 N–H and O–H groups in total. The Hall–Kier alpha value is -1.50. The van der Waals surface area contributed by atoms with Crippen molar-refractivity contribution in [1.82, 2.24) is 0 Å². The van der Waals surface area contributed by atoms with Gasteiger partial charge < -0.3 is 5.32 Å². The molecule has 0 radical (unpaired) electrons. The largest absolute Gasteiger partial charge is 0.388 e. The third-order valence-corrected chi connectivity index (χ3v) is 4.27. The van der Waals surface area contributed by atoms with E-state index >= 15 is 0 Å². The van der Waals surface area contributed by atoms with E-state index in [1.54, 1.807) is 5.56 Å². The average molecular weight is 239 g/mol. The van der Waals surface area contributed by atoms with E-state index in [9.17, 15) is 0 Å². The van der Waals surface area contributed by atoms with E-state index in [4.69, 9.17) is 0 Å². The molecule has 2 aromatic rings. The van der Waals surface area contributed by atoms with Gasteiger partial charge in [-0.3, -0.25) is 0 Å². The maximum Gasteiger partial charge on any atom is 0.0417 e. The summed E-state index contributed by atoms with van der Waals surface area (Å²) in [5.41, 5.74) is 2.80. The van der Waals surface area contributed by atoms with E-state index in [1.165, 1.54) is 48.6 Å². The van der Waals surface area contributed by atoms with E-state index in [2.05, 4.69) is 41.7 Å². The Labute approximate surface area is 109 Å². The van der Waals surface area contributed by atoms with Gasteiger partial charge in [0.25, 0.3) is 0 Å². The Kier molecular flexibility index (Phi) is 3.22. The fraction of sp³-hybridized carbons (Fsp3) is 0.412. The van der Waals surface area contributed by atoms with Gasteiger partial charge in [0.15, 0.2) is 0 Å². The summed E-state index contributed by atoms with van der Waals surface area (Å²) in [7, 11) is 2.00. The van der Waals surface area contributed by atoms with Gasteiger partial charge in [-0.2, -0.15) is 0 Å². The molecule has 0 saturated heterocycles. The molecule has 0 bridgehead atoms. The Morgan fingerprint density at radius 1 is 0.889 bits per heavy atom. The second-order valence-corrected chi connectivity index (χ2v) is 5.33. The molecule has 1 saturated carbocycles. The fourth-order valence-electron chi connectivity index (χ4n) is 3.32. The van der Waals surface area contributed by atoms with Crippen LogP contribution in [0.3, 0.4) is 0 Å². The number of fused-ring (bicyclic) bond motifs is 1. The minimum Gasteiger partial charge on any atom is -0.388 e. The lowest BCUT2D eigenvalue weighted by atomic mass is 9.82. The summed E-state index contributed by atoms with van der Waals surface area (Å²) in [6.45, 7) is 0. The van der Waals surface area contributed by atoms with Crippen LogP contribution in [0.15, 0.2) is 36.4 Å². The van der Waals surface area contributed by atoms with Crippen LogP contribution in [0.1, 0.15) is 43.6 Å². The van der Waals surface area contributed by atoms with E-state index in [-0.39, 0.29) is 0 Å². The van der Waals surface area contributed by atoms with Gasteiger partial charge >= 0.3 is 0 Å². The molecule has 0 aliphatic heterocycles. The van der Waals surface area contributed by atoms with Gasteiger partial charge in [-0.05, 0) is 35.8 Å². The van der Waals surface area contributed by atoms with Gasteiger partial charge in [-0.1, -0.05) is 49.6 Å². The van der Waals surface area contributed by atoms with Crippen LogP contribution in [-0.2, 0) is 0 Å². The molecule has 1 aliphatic rings. The predicted molar refractivity (Wildman–Crippen MR) is 79.3 cm³/mol. The van der Waals surface area contributed by atoms with Crippen molar-refractivity contribution in [2.45, 2.75) is 38.0 Å². The molecule has 94 valence electrons. The smallest absolute Gasteiger partial charge is 0.0417 e. The summed E-state index contributed by atoms with van der Waals surface area (Å²) in [5, 5.41) is 6.11. The standard InChI is InChI=1S/C17H21N/c1-18-17-12-6-10-15-14(9-5-11-16(15)17)13-7-3-2-4-8-13/h5-6,9-13,18H,2-4,7-8H2,1H3. The van der Waals surface area contributed by atoms with Crippen molar-refractivity contribution in [3.63, 3.8) is 0 Å². The summed E-state index contributed by atoms with van der Waals surface area (Å²) in [4.78, 5) is 0. The van der Waals surface area contributed by atoms with Crippen molar-refractivity contribution in [2.24, 2.45) is 0 Å². The zero-order valence-electron chi connectivity index (χ0n) is 11.1. The van der Waals surface area contributed by atoms with Crippen molar-refractivity contribution in [3.8, 4) is 0 Å². The molecule has 0 atom stereocenters. The van der Waals surface area contributed by atoms with Gasteiger partial charge in [0.2, 0.25) is 0 Å². The average Bonchev–Trinajstić information content (AvgIpc) is 2.47. The molecule has 1 heteroatoms. The topological polar surface area (TPSA) is 12.0 Å². The van der Waals surface area contributed by atoms with E-state index in [0.717, 1.165) is 5.92 Å². The molecule has 0 spiro atoms. The maximum atomic E-state index is 3.30. The van der Waals surface area contributed by atoms with E-state index in [0.29, 0.717) is 0 Å². The van der Waals surface area contributed by atoms with Crippen LogP contribution in [0, 0.1) is 0 Å². The van der Waals surface area contributed by atoms with E-state index < -0.39 is 0 Å². The third kappa shape index (κ3) is 1.98. The summed E-state index contributed by atoms with van der Waals surface area (Å²) in [6.07, 6.45) is 6.94. The van der Waals surface area contributed by atoms with Crippen molar-refractivity contribution >= 4 is 16.5 Å². The maximum absolute atomic E-state index is 3.30. The lowest BCUT2D eigenvalue weighted by Crippen LogP contribution is -2.05. The quantitative estimate of drug-likeness (QED) is 0.783. The fourth-order valence-corrected chi connectivity index (χ4v) is 3.32. The van der Waals surface area contributed by atoms with Crippen LogP contribution in [-0.4, -0.2) is 7.05 Å². The molecular weight excluding hydrogens is 218 g/mol. The molecule has 18 heavy (non-hydrogen) atoms. The van der Waals surface area contributed by atoms with Crippen LogP contribution in [0.5, 0.6) is 0 Å². The van der Waals surface area contributed by atoms with Crippen LogP contribution in [0.2, 0.25) is 0 Å². The Morgan fingerprint density at radius 2 is 1.61 bits per heavy atom. The number of nitrogens with one attached hydrogen (secondary N) is 1. The minimum atomic E-state index is 0.773. The van der Waals surface area contributed by atoms with Gasteiger partial charge in [-0.25, -0.2) is 0 Å². The molecule has 1 nitrogen and oxygen atoms in total. The molecule has 0 aromatic heterocycles. The Balaban J connectivity index is 2.11. The normalized spacial score (nSPS) is 16.9. The SMILES string of the molecule is CNc1cccc2c(C3CCCCC3)cccc12. The lowest BCUT2D eigenvalue weighted by Gasteiger charge is -2.23. The van der Waals surface area contributed by atoms with Crippen molar-refractivity contribution in [3.05, 3.63) is 42.0 Å². The van der Waals surface area contributed by atoms with Crippen molar-refractivity contribution < 1.29 is 0 Å². The minimum absolute atomic E-state index is 0.773. The van der Waals surface area contributed by atoms with Crippen molar-refractivity contribution in [2.75, 3.05) is 12.4 Å². The first kappa shape index (κ1) is 11.6. The Bertz CT molecular complexity index is 538. The monoisotopic (exact) mass is 239 g/mol. The zero-order chi connectivity index (χ0) is 12.4. The highest BCUT2D eigenvalue weighted by molar-refractivity contribution is 5.96. The summed E-state index contributed by atoms with van der Waals surface area (Å²) >= 11 is 0. The molecular formula is C17H21N. The highest BCUT2D eigenvalue weighted by Gasteiger charge is 2.17. The van der Waals surface area contributed by atoms with Gasteiger partial charge in [0.1, 0.15) is 0 Å². The zero-order valence-corrected chi connectivity index (χ0v) is 11.1. The van der Waals surface area contributed by atoms with Gasteiger partial charge in [0.05, 0.1) is 0 Å². The first-order valence-corrected chi connectivity index (χ1v) is 7.09. The first-order chi connectivity index (χ1) is 8.90. The molecule has 0 heterocycles. The highest BCUT2D eigenvalue weighted by atomic mass is 14.8. The summed E-state index contributed by atoms with van der Waals surface area (Å²) in [5.74, 6) is 0.773. The number of hydrogen-bond acceptors (Lipinski definition) is 1.